The summed E-state index contributed by atoms with van der Waals surface area (Å²) in [4.78, 5) is 11.2. The summed E-state index contributed by atoms with van der Waals surface area (Å²) in [6.45, 7) is 4.63. The number of aliphatic hydroxyl groups excluding tert-OH is 1. The Kier molecular flexibility index (Phi) is 6.40. The smallest absolute Gasteiger partial charge is 0.159 e. The molecule has 0 aliphatic heterocycles. The Hall–Kier alpha value is -1.39. The number of hydrogen-bond acceptors (Lipinski definition) is 4. The molecule has 0 saturated heterocycles. The number of benzene rings is 1. The topological polar surface area (TPSA) is 58.6 Å². The van der Waals surface area contributed by atoms with Crippen molar-refractivity contribution in [2.24, 2.45) is 5.92 Å². The summed E-state index contributed by atoms with van der Waals surface area (Å²) in [5.41, 5.74) is 0.667. The van der Waals surface area contributed by atoms with Crippen LogP contribution in [-0.2, 0) is 0 Å². The molecule has 0 amide bonds. The minimum Gasteiger partial charge on any atom is -0.491 e. The quantitative estimate of drug-likeness (QED) is 0.761. The van der Waals surface area contributed by atoms with Crippen LogP contribution in [0.25, 0.3) is 0 Å². The Morgan fingerprint density at radius 2 is 2.00 bits per heavy atom. The lowest BCUT2D eigenvalue weighted by Crippen LogP contribution is -2.42. The SMILES string of the molecule is CC(=O)c1ccc(OC[C@H](O)CN[C@H]2CCCC[C@@H]2C)cc1. The third kappa shape index (κ3) is 5.11. The minimum atomic E-state index is -0.526. The van der Waals surface area contributed by atoms with Crippen molar-refractivity contribution in [1.29, 1.82) is 0 Å². The molecular formula is C18H27NO3. The molecule has 2 rings (SSSR count). The average Bonchev–Trinajstić information content (AvgIpc) is 2.52. The lowest BCUT2D eigenvalue weighted by Gasteiger charge is -2.30. The van der Waals surface area contributed by atoms with E-state index in [2.05, 4.69) is 12.2 Å². The third-order valence-electron chi connectivity index (χ3n) is 4.43. The van der Waals surface area contributed by atoms with Crippen LogP contribution in [0.1, 0.15) is 49.9 Å². The van der Waals surface area contributed by atoms with Gasteiger partial charge in [0.2, 0.25) is 0 Å². The van der Waals surface area contributed by atoms with Crippen molar-refractivity contribution >= 4 is 5.78 Å². The second-order valence-corrected chi connectivity index (χ2v) is 6.32. The molecule has 22 heavy (non-hydrogen) atoms. The number of carbonyl (C=O) groups is 1. The van der Waals surface area contributed by atoms with Crippen LogP contribution in [0.5, 0.6) is 5.75 Å². The van der Waals surface area contributed by atoms with E-state index in [1.54, 1.807) is 24.3 Å². The van der Waals surface area contributed by atoms with E-state index in [-0.39, 0.29) is 12.4 Å². The molecule has 3 atom stereocenters. The molecule has 0 radical (unpaired) electrons. The molecule has 4 nitrogen and oxygen atoms in total. The normalized spacial score (nSPS) is 23.0. The van der Waals surface area contributed by atoms with Gasteiger partial charge < -0.3 is 15.2 Å². The highest BCUT2D eigenvalue weighted by Crippen LogP contribution is 2.23. The van der Waals surface area contributed by atoms with Crippen molar-refractivity contribution in [3.05, 3.63) is 29.8 Å². The van der Waals surface area contributed by atoms with Gasteiger partial charge in [0.25, 0.3) is 0 Å². The zero-order chi connectivity index (χ0) is 15.9. The van der Waals surface area contributed by atoms with Gasteiger partial charge in [0.05, 0.1) is 0 Å². The molecule has 1 aromatic rings. The predicted molar refractivity (Wildman–Crippen MR) is 87.4 cm³/mol. The van der Waals surface area contributed by atoms with Crippen molar-refractivity contribution < 1.29 is 14.6 Å². The summed E-state index contributed by atoms with van der Waals surface area (Å²) in [5.74, 6) is 1.40. The maximum Gasteiger partial charge on any atom is 0.159 e. The minimum absolute atomic E-state index is 0.0392. The van der Waals surface area contributed by atoms with Gasteiger partial charge in [-0.15, -0.1) is 0 Å². The number of Topliss-reactive ketones (excluding diaryl/α,β-unsaturated/α-hetero) is 1. The average molecular weight is 305 g/mol. The van der Waals surface area contributed by atoms with E-state index in [1.165, 1.54) is 32.6 Å². The largest absolute Gasteiger partial charge is 0.491 e. The zero-order valence-electron chi connectivity index (χ0n) is 13.5. The fourth-order valence-corrected chi connectivity index (χ4v) is 2.94. The number of rotatable bonds is 7. The molecule has 0 heterocycles. The highest BCUT2D eigenvalue weighted by atomic mass is 16.5. The first kappa shape index (κ1) is 17.0. The molecule has 122 valence electrons. The number of carbonyl (C=O) groups excluding carboxylic acids is 1. The van der Waals surface area contributed by atoms with Crippen LogP contribution in [0.4, 0.5) is 0 Å². The van der Waals surface area contributed by atoms with E-state index in [1.807, 2.05) is 0 Å². The molecule has 0 bridgehead atoms. The van der Waals surface area contributed by atoms with Gasteiger partial charge in [-0.1, -0.05) is 19.8 Å². The lowest BCUT2D eigenvalue weighted by atomic mass is 9.86. The Balaban J connectivity index is 1.70. The molecule has 0 spiro atoms. The van der Waals surface area contributed by atoms with Gasteiger partial charge in [0.15, 0.2) is 5.78 Å². The molecule has 1 saturated carbocycles. The monoisotopic (exact) mass is 305 g/mol. The first-order chi connectivity index (χ1) is 10.6. The van der Waals surface area contributed by atoms with Crippen LogP contribution in [0.15, 0.2) is 24.3 Å². The second kappa shape index (κ2) is 8.30. The van der Waals surface area contributed by atoms with Gasteiger partial charge in [0, 0.05) is 18.2 Å². The predicted octanol–water partition coefficient (Wildman–Crippen LogP) is 2.80. The summed E-state index contributed by atoms with van der Waals surface area (Å²) in [6.07, 6.45) is 4.54. The molecular weight excluding hydrogens is 278 g/mol. The lowest BCUT2D eigenvalue weighted by molar-refractivity contribution is 0.0982. The van der Waals surface area contributed by atoms with Gasteiger partial charge in [0.1, 0.15) is 18.5 Å². The molecule has 1 aliphatic rings. The number of aliphatic hydroxyl groups is 1. The van der Waals surface area contributed by atoms with Crippen LogP contribution < -0.4 is 10.1 Å². The molecule has 1 aromatic carbocycles. The van der Waals surface area contributed by atoms with Crippen LogP contribution in [0, 0.1) is 5.92 Å². The number of hydrogen-bond donors (Lipinski definition) is 2. The van der Waals surface area contributed by atoms with Crippen molar-refractivity contribution in [2.75, 3.05) is 13.2 Å². The fraction of sp³-hybridized carbons (Fsp3) is 0.611. The van der Waals surface area contributed by atoms with E-state index in [4.69, 9.17) is 4.74 Å². The molecule has 4 heteroatoms. The molecule has 0 aromatic heterocycles. The van der Waals surface area contributed by atoms with Crippen LogP contribution in [0.2, 0.25) is 0 Å². The highest BCUT2D eigenvalue weighted by molar-refractivity contribution is 5.94. The van der Waals surface area contributed by atoms with Gasteiger partial charge >= 0.3 is 0 Å². The van der Waals surface area contributed by atoms with Crippen molar-refractivity contribution in [3.8, 4) is 5.75 Å². The fourth-order valence-electron chi connectivity index (χ4n) is 2.94. The maximum absolute atomic E-state index is 11.2. The standard InChI is InChI=1S/C18H27NO3/c1-13-5-3-4-6-18(13)19-11-16(21)12-22-17-9-7-15(8-10-17)14(2)20/h7-10,13,16,18-19,21H,3-6,11-12H2,1-2H3/t13-,16+,18-/m0/s1. The Morgan fingerprint density at radius 3 is 2.64 bits per heavy atom. The summed E-state index contributed by atoms with van der Waals surface area (Å²) >= 11 is 0. The third-order valence-corrected chi connectivity index (χ3v) is 4.43. The Bertz CT molecular complexity index is 472. The number of nitrogens with one attached hydrogen (secondary N) is 1. The number of ether oxygens (including phenoxy) is 1. The van der Waals surface area contributed by atoms with E-state index in [0.29, 0.717) is 29.8 Å². The zero-order valence-corrected chi connectivity index (χ0v) is 13.5. The van der Waals surface area contributed by atoms with Crippen LogP contribution in [0.3, 0.4) is 0 Å². The Morgan fingerprint density at radius 1 is 1.32 bits per heavy atom. The summed E-state index contributed by atoms with van der Waals surface area (Å²) in [5, 5.41) is 13.5. The van der Waals surface area contributed by atoms with E-state index in [0.717, 1.165) is 0 Å². The molecule has 2 N–H and O–H groups in total. The van der Waals surface area contributed by atoms with Crippen LogP contribution in [-0.4, -0.2) is 36.2 Å². The molecule has 0 unspecified atom stereocenters. The van der Waals surface area contributed by atoms with E-state index >= 15 is 0 Å². The first-order valence-electron chi connectivity index (χ1n) is 8.21. The van der Waals surface area contributed by atoms with Crippen LogP contribution >= 0.6 is 0 Å². The van der Waals surface area contributed by atoms with Gasteiger partial charge in [-0.05, 0) is 49.9 Å². The second-order valence-electron chi connectivity index (χ2n) is 6.32. The summed E-state index contributed by atoms with van der Waals surface area (Å²) < 4.78 is 5.57. The summed E-state index contributed by atoms with van der Waals surface area (Å²) in [7, 11) is 0. The highest BCUT2D eigenvalue weighted by Gasteiger charge is 2.21. The van der Waals surface area contributed by atoms with Gasteiger partial charge in [-0.3, -0.25) is 4.79 Å². The molecule has 1 fully saturated rings. The summed E-state index contributed by atoms with van der Waals surface area (Å²) in [6, 6.07) is 7.52. The Labute approximate surface area is 132 Å². The van der Waals surface area contributed by atoms with E-state index in [9.17, 15) is 9.90 Å². The first-order valence-corrected chi connectivity index (χ1v) is 8.21. The van der Waals surface area contributed by atoms with E-state index < -0.39 is 6.10 Å². The van der Waals surface area contributed by atoms with Gasteiger partial charge in [-0.2, -0.15) is 0 Å². The van der Waals surface area contributed by atoms with Crippen molar-refractivity contribution in [2.45, 2.75) is 51.7 Å². The van der Waals surface area contributed by atoms with Gasteiger partial charge in [-0.25, -0.2) is 0 Å². The van der Waals surface area contributed by atoms with Crippen molar-refractivity contribution in [3.63, 3.8) is 0 Å². The van der Waals surface area contributed by atoms with Crippen molar-refractivity contribution in [1.82, 2.24) is 5.32 Å². The number of ketones is 1. The molecule has 1 aliphatic carbocycles. The maximum atomic E-state index is 11.2.